The Morgan fingerprint density at radius 3 is 1.67 bits per heavy atom. The second-order valence-corrected chi connectivity index (χ2v) is 18.5. The van der Waals surface area contributed by atoms with Crippen molar-refractivity contribution in [3.8, 4) is 0 Å². The molecule has 195 valence electrons. The lowest BCUT2D eigenvalue weighted by Crippen LogP contribution is -2.58. The molecule has 4 aromatic carbocycles. The fraction of sp³-hybridized carbons (Fsp3) is 0.222. The molecule has 0 aromatic heterocycles. The Morgan fingerprint density at radius 2 is 1.08 bits per heavy atom. The normalized spacial score (nSPS) is 19.8. The predicted octanol–water partition coefficient (Wildman–Crippen LogP) is 9.40. The van der Waals surface area contributed by atoms with Gasteiger partial charge in [0.1, 0.15) is 17.2 Å². The molecule has 2 aliphatic rings. The van der Waals surface area contributed by atoms with Crippen molar-refractivity contribution in [2.45, 2.75) is 51.0 Å². The summed E-state index contributed by atoms with van der Waals surface area (Å²) in [7, 11) is -2.84. The summed E-state index contributed by atoms with van der Waals surface area (Å²) in [5, 5.41) is 0. The molecule has 1 N–H and O–H groups in total. The first-order valence-electron chi connectivity index (χ1n) is 14.2. The number of fused-ring (bicyclic) bond motifs is 2. The Hall–Kier alpha value is -3.25. The highest BCUT2D eigenvalue weighted by molar-refractivity contribution is 6.87. The molecule has 0 saturated heterocycles. The zero-order chi connectivity index (χ0) is 27.1. The second kappa shape index (κ2) is 10.4. The van der Waals surface area contributed by atoms with Crippen LogP contribution in [0.5, 0.6) is 0 Å². The van der Waals surface area contributed by atoms with E-state index in [2.05, 4.69) is 147 Å². The van der Waals surface area contributed by atoms with Crippen molar-refractivity contribution in [3.05, 3.63) is 143 Å². The van der Waals surface area contributed by atoms with Gasteiger partial charge in [0.05, 0.1) is 0 Å². The fourth-order valence-electron chi connectivity index (χ4n) is 7.46. The zero-order valence-electron chi connectivity index (χ0n) is 23.8. The van der Waals surface area contributed by atoms with Crippen LogP contribution in [0.25, 0.3) is 22.3 Å². The molecule has 0 spiro atoms. The van der Waals surface area contributed by atoms with E-state index >= 15 is 0 Å². The summed E-state index contributed by atoms with van der Waals surface area (Å²) in [5.41, 5.74) is 15.0. The standard InChI is InChI=1S/C36H38NSi2/c1-25-29-20-12-14-22-31(29)33(34(25)27-16-8-6-9-17-27)24-39(5,37-38(3)4)36-32-23-15-13-21-30(32)26(2)35(36)28-18-10-7-11-19-28/h6-23,33,36-37H,24H2,1-5H3. The molecule has 3 heteroatoms. The lowest BCUT2D eigenvalue weighted by atomic mass is 9.92. The minimum Gasteiger partial charge on any atom is -0.360 e. The Bertz CT molecular complexity index is 1570. The third-order valence-corrected chi connectivity index (χ3v) is 16.2. The van der Waals surface area contributed by atoms with Crippen molar-refractivity contribution in [1.82, 2.24) is 4.65 Å². The Labute approximate surface area is 237 Å². The first kappa shape index (κ1) is 26.0. The van der Waals surface area contributed by atoms with Crippen molar-refractivity contribution in [2.75, 3.05) is 0 Å². The van der Waals surface area contributed by atoms with Crippen molar-refractivity contribution < 1.29 is 0 Å². The average molecular weight is 541 g/mol. The maximum atomic E-state index is 4.39. The lowest BCUT2D eigenvalue weighted by Gasteiger charge is -2.41. The predicted molar refractivity (Wildman–Crippen MR) is 173 cm³/mol. The van der Waals surface area contributed by atoms with E-state index in [4.69, 9.17) is 0 Å². The minimum atomic E-state index is -2.15. The number of allylic oxidation sites excluding steroid dienone is 4. The maximum Gasteiger partial charge on any atom is 0.128 e. The van der Waals surface area contributed by atoms with E-state index < -0.39 is 17.2 Å². The molecule has 3 atom stereocenters. The van der Waals surface area contributed by atoms with Crippen molar-refractivity contribution >= 4 is 39.5 Å². The first-order chi connectivity index (χ1) is 18.9. The van der Waals surface area contributed by atoms with Crippen molar-refractivity contribution in [2.24, 2.45) is 0 Å². The van der Waals surface area contributed by atoms with Crippen molar-refractivity contribution in [1.29, 1.82) is 0 Å². The highest BCUT2D eigenvalue weighted by atomic mass is 28.4. The molecule has 1 radical (unpaired) electrons. The Morgan fingerprint density at radius 1 is 0.615 bits per heavy atom. The van der Waals surface area contributed by atoms with Gasteiger partial charge in [-0.2, -0.15) is 0 Å². The van der Waals surface area contributed by atoms with Gasteiger partial charge in [-0.25, -0.2) is 0 Å². The zero-order valence-corrected chi connectivity index (χ0v) is 25.8. The van der Waals surface area contributed by atoms with E-state index in [1.54, 1.807) is 0 Å². The van der Waals surface area contributed by atoms with Gasteiger partial charge in [0.2, 0.25) is 0 Å². The smallest absolute Gasteiger partial charge is 0.128 e. The Kier molecular flexibility index (Phi) is 6.92. The van der Waals surface area contributed by atoms with Crippen LogP contribution in [0.1, 0.15) is 58.7 Å². The molecule has 0 heterocycles. The monoisotopic (exact) mass is 540 g/mol. The van der Waals surface area contributed by atoms with Crippen LogP contribution in [0.3, 0.4) is 0 Å². The lowest BCUT2D eigenvalue weighted by molar-refractivity contribution is 0.928. The molecule has 0 amide bonds. The third kappa shape index (κ3) is 4.53. The second-order valence-electron chi connectivity index (χ2n) is 11.7. The number of hydrogen-bond acceptors (Lipinski definition) is 1. The van der Waals surface area contributed by atoms with Gasteiger partial charge in [-0.3, -0.25) is 0 Å². The van der Waals surface area contributed by atoms with Gasteiger partial charge < -0.3 is 4.65 Å². The number of nitrogens with one attached hydrogen (secondary N) is 1. The molecular weight excluding hydrogens is 503 g/mol. The molecule has 2 aliphatic carbocycles. The van der Waals surface area contributed by atoms with Gasteiger partial charge >= 0.3 is 0 Å². The van der Waals surface area contributed by atoms with E-state index in [0.29, 0.717) is 11.5 Å². The molecular formula is C36H38NSi2. The summed E-state index contributed by atoms with van der Waals surface area (Å²) in [6.45, 7) is 12.2. The highest BCUT2D eigenvalue weighted by Gasteiger charge is 2.48. The van der Waals surface area contributed by atoms with Gasteiger partial charge in [-0.15, -0.1) is 0 Å². The van der Waals surface area contributed by atoms with Gasteiger partial charge in [0, 0.05) is 11.5 Å². The summed E-state index contributed by atoms with van der Waals surface area (Å²) in [5.74, 6) is 0.388. The third-order valence-electron chi connectivity index (χ3n) is 8.83. The van der Waals surface area contributed by atoms with E-state index in [1.165, 1.54) is 61.7 Å². The van der Waals surface area contributed by atoms with E-state index in [1.807, 2.05) is 0 Å². The van der Waals surface area contributed by atoms with Gasteiger partial charge in [0.25, 0.3) is 0 Å². The quantitative estimate of drug-likeness (QED) is 0.230. The summed E-state index contributed by atoms with van der Waals surface area (Å²) >= 11 is 0. The van der Waals surface area contributed by atoms with E-state index in [-0.39, 0.29) is 0 Å². The summed E-state index contributed by atoms with van der Waals surface area (Å²) < 4.78 is 4.39. The van der Waals surface area contributed by atoms with Crippen LogP contribution in [0.15, 0.2) is 109 Å². The van der Waals surface area contributed by atoms with Gasteiger partial charge in [-0.1, -0.05) is 129 Å². The van der Waals surface area contributed by atoms with E-state index in [0.717, 1.165) is 0 Å². The SMILES string of the molecule is CC1=C(c2ccccc2)C(C[Si](C)(N[Si](C)C)C2C(c3ccccc3)=C(C)c3ccccc32)c2ccccc21. The molecule has 4 aromatic rings. The minimum absolute atomic E-state index is 0.388. The van der Waals surface area contributed by atoms with Crippen LogP contribution in [0, 0.1) is 0 Å². The fourth-order valence-corrected chi connectivity index (χ4v) is 16.5. The summed E-state index contributed by atoms with van der Waals surface area (Å²) in [6, 6.07) is 41.8. The number of rotatable bonds is 7. The van der Waals surface area contributed by atoms with Crippen LogP contribution >= 0.6 is 0 Å². The molecule has 0 aliphatic heterocycles. The maximum absolute atomic E-state index is 4.39. The Balaban J connectivity index is 1.54. The summed E-state index contributed by atoms with van der Waals surface area (Å²) in [6.07, 6.45) is 0. The molecule has 0 fully saturated rings. The molecule has 3 unspecified atom stereocenters. The molecule has 0 bridgehead atoms. The average Bonchev–Trinajstić information content (AvgIpc) is 3.40. The van der Waals surface area contributed by atoms with Gasteiger partial charge in [-0.05, 0) is 75.6 Å². The molecule has 0 saturated carbocycles. The van der Waals surface area contributed by atoms with Crippen LogP contribution < -0.4 is 4.65 Å². The summed E-state index contributed by atoms with van der Waals surface area (Å²) in [4.78, 5) is 0. The highest BCUT2D eigenvalue weighted by Crippen LogP contribution is 2.56. The number of hydrogen-bond donors (Lipinski definition) is 1. The number of benzene rings is 4. The first-order valence-corrected chi connectivity index (χ1v) is 19.5. The van der Waals surface area contributed by atoms with Crippen LogP contribution in [0.2, 0.25) is 25.7 Å². The largest absolute Gasteiger partial charge is 0.360 e. The van der Waals surface area contributed by atoms with E-state index in [9.17, 15) is 0 Å². The van der Waals surface area contributed by atoms with Crippen LogP contribution in [-0.2, 0) is 0 Å². The molecule has 39 heavy (non-hydrogen) atoms. The van der Waals surface area contributed by atoms with Gasteiger partial charge in [0.15, 0.2) is 0 Å². The van der Waals surface area contributed by atoms with Crippen molar-refractivity contribution in [3.63, 3.8) is 0 Å². The molecule has 6 rings (SSSR count). The van der Waals surface area contributed by atoms with Crippen LogP contribution in [0.4, 0.5) is 0 Å². The molecule has 1 nitrogen and oxygen atoms in total. The van der Waals surface area contributed by atoms with Crippen LogP contribution in [-0.4, -0.2) is 17.2 Å². The topological polar surface area (TPSA) is 12.0 Å².